The van der Waals surface area contributed by atoms with Gasteiger partial charge in [-0.2, -0.15) is 0 Å². The van der Waals surface area contributed by atoms with E-state index in [1.165, 1.54) is 6.07 Å². The molecule has 0 unspecified atom stereocenters. The maximum absolute atomic E-state index is 13.1. The Bertz CT molecular complexity index is 1550. The highest BCUT2D eigenvalue weighted by atomic mass is 16.6. The summed E-state index contributed by atoms with van der Waals surface area (Å²) in [5.41, 5.74) is 4.55. The number of benzene rings is 4. The van der Waals surface area contributed by atoms with Crippen molar-refractivity contribution in [1.29, 1.82) is 0 Å². The first-order chi connectivity index (χ1) is 18.6. The summed E-state index contributed by atoms with van der Waals surface area (Å²) in [5, 5.41) is 15.2. The summed E-state index contributed by atoms with van der Waals surface area (Å²) in [5.74, 6) is 0.225. The van der Waals surface area contributed by atoms with Gasteiger partial charge in [0.15, 0.2) is 0 Å². The van der Waals surface area contributed by atoms with E-state index in [4.69, 9.17) is 4.74 Å². The molecule has 38 heavy (non-hydrogen) atoms. The smallest absolute Gasteiger partial charge is 0.270 e. The van der Waals surface area contributed by atoms with Crippen molar-refractivity contribution in [2.45, 2.75) is 25.5 Å². The van der Waals surface area contributed by atoms with Gasteiger partial charge in [0, 0.05) is 48.1 Å². The van der Waals surface area contributed by atoms with Crippen LogP contribution in [0.15, 0.2) is 109 Å². The first-order valence-electron chi connectivity index (χ1n) is 12.4. The van der Waals surface area contributed by atoms with Crippen LogP contribution in [-0.2, 0) is 17.9 Å². The number of rotatable bonds is 10. The number of fused-ring (bicyclic) bond motifs is 1. The number of aromatic nitrogens is 1. The van der Waals surface area contributed by atoms with E-state index in [9.17, 15) is 14.9 Å². The third kappa shape index (κ3) is 5.90. The minimum absolute atomic E-state index is 0.00516. The summed E-state index contributed by atoms with van der Waals surface area (Å²) in [6.07, 6.45) is 2.01. The molecule has 0 radical (unpaired) electrons. The Morgan fingerprint density at radius 1 is 0.895 bits per heavy atom. The first-order valence-corrected chi connectivity index (χ1v) is 12.4. The Labute approximate surface area is 220 Å². The molecule has 5 aromatic rings. The molecule has 5 rings (SSSR count). The number of nitro benzene ring substituents is 1. The number of hydrogen-bond donors (Lipinski definition) is 2. The van der Waals surface area contributed by atoms with Gasteiger partial charge in [0.05, 0.1) is 4.92 Å². The average Bonchev–Trinajstić information content (AvgIpc) is 3.38. The van der Waals surface area contributed by atoms with Gasteiger partial charge in [0.1, 0.15) is 12.4 Å². The van der Waals surface area contributed by atoms with Gasteiger partial charge in [0.25, 0.3) is 5.69 Å². The number of carbonyl (C=O) groups excluding carboxylic acids is 1. The Hall–Kier alpha value is -4.91. The predicted molar refractivity (Wildman–Crippen MR) is 147 cm³/mol. The summed E-state index contributed by atoms with van der Waals surface area (Å²) in [4.78, 5) is 27.4. The van der Waals surface area contributed by atoms with Crippen LogP contribution in [-0.4, -0.2) is 15.8 Å². The molecule has 0 saturated heterocycles. The third-order valence-electron chi connectivity index (χ3n) is 6.51. The molecule has 0 fully saturated rings. The highest BCUT2D eigenvalue weighted by Gasteiger charge is 2.23. The number of nitro groups is 1. The van der Waals surface area contributed by atoms with Gasteiger partial charge >= 0.3 is 0 Å². The Morgan fingerprint density at radius 2 is 1.63 bits per heavy atom. The summed E-state index contributed by atoms with van der Waals surface area (Å²) >= 11 is 0. The summed E-state index contributed by atoms with van der Waals surface area (Å²) < 4.78 is 6.05. The number of non-ortho nitro benzene ring substituents is 1. The molecule has 4 aromatic carbocycles. The van der Waals surface area contributed by atoms with Crippen LogP contribution < -0.4 is 10.1 Å². The van der Waals surface area contributed by atoms with Gasteiger partial charge in [-0.05, 0) is 40.5 Å². The number of amides is 1. The fraction of sp³-hybridized carbons (Fsp3) is 0.129. The van der Waals surface area contributed by atoms with Crippen molar-refractivity contribution >= 4 is 22.5 Å². The molecule has 0 aliphatic heterocycles. The molecule has 0 spiro atoms. The quantitative estimate of drug-likeness (QED) is 0.167. The lowest BCUT2D eigenvalue weighted by atomic mass is 9.87. The van der Waals surface area contributed by atoms with Gasteiger partial charge in [-0.25, -0.2) is 0 Å². The van der Waals surface area contributed by atoms with E-state index in [1.807, 2.05) is 91.1 Å². The molecule has 0 aliphatic carbocycles. The largest absolute Gasteiger partial charge is 0.489 e. The van der Waals surface area contributed by atoms with Crippen LogP contribution in [0.5, 0.6) is 5.75 Å². The zero-order chi connectivity index (χ0) is 26.3. The van der Waals surface area contributed by atoms with Crippen LogP contribution in [0.4, 0.5) is 5.69 Å². The Balaban J connectivity index is 1.44. The van der Waals surface area contributed by atoms with E-state index in [-0.39, 0.29) is 23.9 Å². The second-order valence-electron chi connectivity index (χ2n) is 9.10. The maximum atomic E-state index is 13.1. The van der Waals surface area contributed by atoms with E-state index in [0.29, 0.717) is 18.9 Å². The molecular formula is C31H27N3O4. The first kappa shape index (κ1) is 24.8. The molecule has 0 saturated carbocycles. The predicted octanol–water partition coefficient (Wildman–Crippen LogP) is 6.49. The molecule has 1 aromatic heterocycles. The lowest BCUT2D eigenvalue weighted by Gasteiger charge is -2.18. The van der Waals surface area contributed by atoms with Crippen LogP contribution in [0.25, 0.3) is 10.9 Å². The summed E-state index contributed by atoms with van der Waals surface area (Å²) in [6, 6.07) is 32.1. The van der Waals surface area contributed by atoms with E-state index in [2.05, 4.69) is 10.3 Å². The van der Waals surface area contributed by atoms with Crippen molar-refractivity contribution in [3.8, 4) is 5.75 Å². The number of hydrogen-bond acceptors (Lipinski definition) is 4. The van der Waals surface area contributed by atoms with E-state index < -0.39 is 4.92 Å². The van der Waals surface area contributed by atoms with Crippen molar-refractivity contribution in [2.75, 3.05) is 0 Å². The van der Waals surface area contributed by atoms with Gasteiger partial charge in [-0.1, -0.05) is 72.8 Å². The number of nitrogens with zero attached hydrogens (tertiary/aromatic N) is 1. The number of ether oxygens (including phenoxy) is 1. The second kappa shape index (κ2) is 11.4. The average molecular weight is 506 g/mol. The molecule has 7 heteroatoms. The third-order valence-corrected chi connectivity index (χ3v) is 6.51. The molecule has 0 bridgehead atoms. The summed E-state index contributed by atoms with van der Waals surface area (Å²) in [7, 11) is 0. The highest BCUT2D eigenvalue weighted by molar-refractivity contribution is 5.87. The zero-order valence-electron chi connectivity index (χ0n) is 20.7. The van der Waals surface area contributed by atoms with Crippen molar-refractivity contribution in [2.24, 2.45) is 0 Å². The molecule has 2 N–H and O–H groups in total. The fourth-order valence-corrected chi connectivity index (χ4v) is 4.56. The molecule has 190 valence electrons. The molecule has 1 atom stereocenters. The molecule has 7 nitrogen and oxygen atoms in total. The molecule has 1 amide bonds. The normalized spacial score (nSPS) is 11.7. The number of nitrogens with one attached hydrogen (secondary N) is 2. The Kier molecular flexibility index (Phi) is 7.45. The number of H-pyrrole nitrogens is 1. The monoisotopic (exact) mass is 505 g/mol. The van der Waals surface area contributed by atoms with Gasteiger partial charge in [-0.3, -0.25) is 14.9 Å². The molecular weight excluding hydrogens is 478 g/mol. The van der Waals surface area contributed by atoms with E-state index in [0.717, 1.165) is 33.2 Å². The lowest BCUT2D eigenvalue weighted by molar-refractivity contribution is -0.384. The van der Waals surface area contributed by atoms with Crippen LogP contribution in [0.2, 0.25) is 0 Å². The topological polar surface area (TPSA) is 97.3 Å². The van der Waals surface area contributed by atoms with Crippen LogP contribution >= 0.6 is 0 Å². The molecule has 1 heterocycles. The Morgan fingerprint density at radius 3 is 2.37 bits per heavy atom. The van der Waals surface area contributed by atoms with Crippen molar-refractivity contribution < 1.29 is 14.5 Å². The standard InChI is InChI=1S/C31H27N3O4/c35-31(33-19-22-8-3-1-4-9-22)18-27(29-20-32-30-15-14-25(34(36)37)17-28(29)30)24-12-7-13-26(16-24)38-21-23-10-5-2-6-11-23/h1-17,20,27,32H,18-19,21H2,(H,33,35)/t27-/m0/s1. The number of carbonyl (C=O) groups is 1. The van der Waals surface area contributed by atoms with Crippen molar-refractivity contribution in [1.82, 2.24) is 10.3 Å². The fourth-order valence-electron chi connectivity index (χ4n) is 4.56. The minimum atomic E-state index is -0.407. The molecule has 0 aliphatic rings. The van der Waals surface area contributed by atoms with Crippen molar-refractivity contribution in [3.05, 3.63) is 142 Å². The minimum Gasteiger partial charge on any atom is -0.489 e. The maximum Gasteiger partial charge on any atom is 0.270 e. The van der Waals surface area contributed by atoms with Crippen molar-refractivity contribution in [3.63, 3.8) is 0 Å². The lowest BCUT2D eigenvalue weighted by Crippen LogP contribution is -2.25. The van der Waals surface area contributed by atoms with E-state index >= 15 is 0 Å². The van der Waals surface area contributed by atoms with Crippen LogP contribution in [0, 0.1) is 10.1 Å². The number of aromatic amines is 1. The zero-order valence-corrected chi connectivity index (χ0v) is 20.7. The second-order valence-corrected chi connectivity index (χ2v) is 9.10. The van der Waals surface area contributed by atoms with Gasteiger partial charge < -0.3 is 15.0 Å². The van der Waals surface area contributed by atoms with E-state index in [1.54, 1.807) is 12.1 Å². The van der Waals surface area contributed by atoms with Gasteiger partial charge in [0.2, 0.25) is 5.91 Å². The van der Waals surface area contributed by atoms with Gasteiger partial charge in [-0.15, -0.1) is 0 Å². The summed E-state index contributed by atoms with van der Waals surface area (Å²) in [6.45, 7) is 0.845. The van der Waals surface area contributed by atoms with Crippen LogP contribution in [0.3, 0.4) is 0 Å². The highest BCUT2D eigenvalue weighted by Crippen LogP contribution is 2.36. The van der Waals surface area contributed by atoms with Crippen LogP contribution in [0.1, 0.15) is 34.6 Å². The SMILES string of the molecule is O=C(C[C@@H](c1cccc(OCc2ccccc2)c1)c1c[nH]c2ccc([N+](=O)[O-])cc12)NCc1ccccc1.